The van der Waals surface area contributed by atoms with Crippen LogP contribution in [0.2, 0.25) is 0 Å². The molecule has 134 valence electrons. The topological polar surface area (TPSA) is 78.5 Å². The molecular weight excluding hydrogens is 386 g/mol. The summed E-state index contributed by atoms with van der Waals surface area (Å²) in [6, 6.07) is 7.82. The SMILES string of the molecule is O=C1NC(=O)C2(CCN(C(=O)CCCCc3ccc(Br)cc3)CC2)N1. The minimum absolute atomic E-state index is 0.135. The molecular formula is C18H22BrN3O3. The van der Waals surface area contributed by atoms with E-state index in [9.17, 15) is 14.4 Å². The molecule has 0 atom stereocenters. The fourth-order valence-corrected chi connectivity index (χ4v) is 3.70. The zero-order chi connectivity index (χ0) is 17.9. The summed E-state index contributed by atoms with van der Waals surface area (Å²) in [5.41, 5.74) is 0.466. The first-order valence-corrected chi connectivity index (χ1v) is 9.44. The van der Waals surface area contributed by atoms with E-state index in [0.717, 1.165) is 23.7 Å². The molecule has 0 aliphatic carbocycles. The molecule has 2 aliphatic heterocycles. The van der Waals surface area contributed by atoms with Gasteiger partial charge in [-0.1, -0.05) is 28.1 Å². The second-order valence-electron chi connectivity index (χ2n) is 6.70. The summed E-state index contributed by atoms with van der Waals surface area (Å²) in [6.45, 7) is 1.03. The summed E-state index contributed by atoms with van der Waals surface area (Å²) < 4.78 is 1.07. The van der Waals surface area contributed by atoms with E-state index in [1.807, 2.05) is 17.0 Å². The highest BCUT2D eigenvalue weighted by Crippen LogP contribution is 2.26. The predicted molar refractivity (Wildman–Crippen MR) is 96.9 cm³/mol. The molecule has 7 heteroatoms. The van der Waals surface area contributed by atoms with E-state index in [0.29, 0.717) is 32.4 Å². The number of hydrogen-bond donors (Lipinski definition) is 2. The third kappa shape index (κ3) is 4.21. The quantitative estimate of drug-likeness (QED) is 0.580. The molecule has 4 amide bonds. The van der Waals surface area contributed by atoms with Crippen molar-refractivity contribution >= 4 is 33.8 Å². The Balaban J connectivity index is 1.39. The predicted octanol–water partition coefficient (Wildman–Crippen LogP) is 2.36. The van der Waals surface area contributed by atoms with Crippen LogP contribution in [0.25, 0.3) is 0 Å². The summed E-state index contributed by atoms with van der Waals surface area (Å²) in [4.78, 5) is 37.4. The van der Waals surface area contributed by atoms with Crippen molar-refractivity contribution in [1.82, 2.24) is 15.5 Å². The van der Waals surface area contributed by atoms with Crippen molar-refractivity contribution in [3.8, 4) is 0 Å². The number of imide groups is 1. The number of carbonyl (C=O) groups excluding carboxylic acids is 3. The lowest BCUT2D eigenvalue weighted by molar-refractivity contribution is -0.135. The van der Waals surface area contributed by atoms with Crippen molar-refractivity contribution in [1.29, 1.82) is 0 Å². The van der Waals surface area contributed by atoms with E-state index >= 15 is 0 Å². The van der Waals surface area contributed by atoms with Crippen LogP contribution in [-0.2, 0) is 16.0 Å². The van der Waals surface area contributed by atoms with Crippen molar-refractivity contribution < 1.29 is 14.4 Å². The average Bonchev–Trinajstić information content (AvgIpc) is 2.87. The molecule has 2 N–H and O–H groups in total. The number of nitrogens with zero attached hydrogens (tertiary/aromatic N) is 1. The number of nitrogens with one attached hydrogen (secondary N) is 2. The number of urea groups is 1. The Morgan fingerprint density at radius 2 is 1.80 bits per heavy atom. The molecule has 6 nitrogen and oxygen atoms in total. The third-order valence-corrected chi connectivity index (χ3v) is 5.53. The fraction of sp³-hybridized carbons (Fsp3) is 0.500. The number of amides is 4. The Hall–Kier alpha value is -1.89. The van der Waals surface area contributed by atoms with Crippen LogP contribution in [0.5, 0.6) is 0 Å². The average molecular weight is 408 g/mol. The van der Waals surface area contributed by atoms with Gasteiger partial charge < -0.3 is 10.2 Å². The van der Waals surface area contributed by atoms with Crippen molar-refractivity contribution in [2.24, 2.45) is 0 Å². The number of carbonyl (C=O) groups is 3. The molecule has 1 aromatic carbocycles. The minimum Gasteiger partial charge on any atom is -0.342 e. The molecule has 0 aromatic heterocycles. The van der Waals surface area contributed by atoms with E-state index < -0.39 is 11.6 Å². The number of likely N-dealkylation sites (tertiary alicyclic amines) is 1. The zero-order valence-electron chi connectivity index (χ0n) is 14.0. The van der Waals surface area contributed by atoms with Crippen LogP contribution >= 0.6 is 15.9 Å². The molecule has 25 heavy (non-hydrogen) atoms. The second kappa shape index (κ2) is 7.56. The van der Waals surface area contributed by atoms with Gasteiger partial charge in [0, 0.05) is 24.0 Å². The van der Waals surface area contributed by atoms with E-state index in [1.165, 1.54) is 5.56 Å². The molecule has 0 unspecified atom stereocenters. The molecule has 0 saturated carbocycles. The Kier molecular flexibility index (Phi) is 5.42. The number of unbranched alkanes of at least 4 members (excludes halogenated alkanes) is 1. The fourth-order valence-electron chi connectivity index (χ4n) is 3.43. The van der Waals surface area contributed by atoms with Crippen LogP contribution in [0, 0.1) is 0 Å². The van der Waals surface area contributed by atoms with Crippen LogP contribution in [0.15, 0.2) is 28.7 Å². The van der Waals surface area contributed by atoms with Crippen LogP contribution in [-0.4, -0.2) is 41.4 Å². The first-order valence-electron chi connectivity index (χ1n) is 8.64. The van der Waals surface area contributed by atoms with E-state index in [4.69, 9.17) is 0 Å². The van der Waals surface area contributed by atoms with Gasteiger partial charge in [0.15, 0.2) is 0 Å². The second-order valence-corrected chi connectivity index (χ2v) is 7.62. The van der Waals surface area contributed by atoms with Gasteiger partial charge in [0.05, 0.1) is 0 Å². The van der Waals surface area contributed by atoms with Crippen LogP contribution in [0.3, 0.4) is 0 Å². The van der Waals surface area contributed by atoms with Gasteiger partial charge in [0.2, 0.25) is 5.91 Å². The molecule has 3 rings (SSSR count). The molecule has 2 fully saturated rings. The molecule has 1 aromatic rings. The van der Waals surface area contributed by atoms with E-state index in [2.05, 4.69) is 38.7 Å². The smallest absolute Gasteiger partial charge is 0.322 e. The Labute approximate surface area is 155 Å². The van der Waals surface area contributed by atoms with Crippen molar-refractivity contribution in [3.05, 3.63) is 34.3 Å². The first-order chi connectivity index (χ1) is 12.0. The van der Waals surface area contributed by atoms with Gasteiger partial charge in [0.1, 0.15) is 5.54 Å². The lowest BCUT2D eigenvalue weighted by atomic mass is 9.87. The lowest BCUT2D eigenvalue weighted by Gasteiger charge is -2.37. The normalized spacial score (nSPS) is 19.0. The highest BCUT2D eigenvalue weighted by Gasteiger charge is 2.48. The van der Waals surface area contributed by atoms with Crippen molar-refractivity contribution in [2.75, 3.05) is 13.1 Å². The van der Waals surface area contributed by atoms with Gasteiger partial charge in [-0.15, -0.1) is 0 Å². The monoisotopic (exact) mass is 407 g/mol. The molecule has 0 radical (unpaired) electrons. The summed E-state index contributed by atoms with van der Waals surface area (Å²) in [6.07, 6.45) is 4.29. The van der Waals surface area contributed by atoms with Gasteiger partial charge in [-0.25, -0.2) is 4.79 Å². The highest BCUT2D eigenvalue weighted by atomic mass is 79.9. The van der Waals surface area contributed by atoms with Crippen molar-refractivity contribution in [3.63, 3.8) is 0 Å². The summed E-state index contributed by atoms with van der Waals surface area (Å²) in [5.74, 6) is -0.130. The van der Waals surface area contributed by atoms with Crippen LogP contribution in [0.1, 0.15) is 37.7 Å². The van der Waals surface area contributed by atoms with Gasteiger partial charge in [-0.3, -0.25) is 14.9 Å². The Morgan fingerprint density at radius 3 is 2.40 bits per heavy atom. The number of halogens is 1. The molecule has 2 saturated heterocycles. The lowest BCUT2D eigenvalue weighted by Crippen LogP contribution is -2.55. The third-order valence-electron chi connectivity index (χ3n) is 5.00. The largest absolute Gasteiger partial charge is 0.342 e. The van der Waals surface area contributed by atoms with Gasteiger partial charge in [-0.2, -0.15) is 0 Å². The first kappa shape index (κ1) is 17.9. The summed E-state index contributed by atoms with van der Waals surface area (Å²) >= 11 is 3.42. The maximum absolute atomic E-state index is 12.3. The van der Waals surface area contributed by atoms with Crippen molar-refractivity contribution in [2.45, 2.75) is 44.1 Å². The Bertz CT molecular complexity index is 667. The minimum atomic E-state index is -0.810. The number of benzene rings is 1. The molecule has 2 aliphatic rings. The van der Waals surface area contributed by atoms with E-state index in [-0.39, 0.29) is 11.8 Å². The number of aryl methyl sites for hydroxylation is 1. The summed E-state index contributed by atoms with van der Waals surface area (Å²) in [7, 11) is 0. The van der Waals surface area contributed by atoms with Gasteiger partial charge >= 0.3 is 6.03 Å². The zero-order valence-corrected chi connectivity index (χ0v) is 15.6. The molecule has 1 spiro atoms. The highest BCUT2D eigenvalue weighted by molar-refractivity contribution is 9.10. The Morgan fingerprint density at radius 1 is 1.12 bits per heavy atom. The van der Waals surface area contributed by atoms with Gasteiger partial charge in [0.25, 0.3) is 5.91 Å². The standard InChI is InChI=1S/C18H22BrN3O3/c19-14-7-5-13(6-8-14)3-1-2-4-15(23)22-11-9-18(10-12-22)16(24)20-17(25)21-18/h5-8H,1-4,9-12H2,(H2,20,21,24,25). The number of piperidine rings is 1. The maximum atomic E-state index is 12.3. The number of rotatable bonds is 5. The van der Waals surface area contributed by atoms with Crippen LogP contribution < -0.4 is 10.6 Å². The number of hydrogen-bond acceptors (Lipinski definition) is 3. The molecule has 0 bridgehead atoms. The maximum Gasteiger partial charge on any atom is 0.322 e. The van der Waals surface area contributed by atoms with E-state index in [1.54, 1.807) is 0 Å². The molecule has 2 heterocycles. The van der Waals surface area contributed by atoms with Gasteiger partial charge in [-0.05, 0) is 49.8 Å². The summed E-state index contributed by atoms with van der Waals surface area (Å²) in [5, 5.41) is 5.00. The van der Waals surface area contributed by atoms with Crippen LogP contribution in [0.4, 0.5) is 4.79 Å².